The molecule has 0 spiro atoms. The van der Waals surface area contributed by atoms with E-state index in [1.54, 1.807) is 20.8 Å². The van der Waals surface area contributed by atoms with Crippen molar-refractivity contribution < 1.29 is 28.6 Å². The van der Waals surface area contributed by atoms with Crippen LogP contribution in [0.15, 0.2) is 0 Å². The summed E-state index contributed by atoms with van der Waals surface area (Å²) in [6, 6.07) is 0. The van der Waals surface area contributed by atoms with E-state index in [-0.39, 0.29) is 6.54 Å². The SMILES string of the molecule is CC(C)(C)OC(=O)N1CC(=O)C[C@](F)(C(=O)O)C1. The van der Waals surface area contributed by atoms with Gasteiger partial charge < -0.3 is 9.84 Å². The minimum atomic E-state index is -2.73. The first kappa shape index (κ1) is 14.4. The number of carbonyl (C=O) groups excluding carboxylic acids is 2. The first-order valence-corrected chi connectivity index (χ1v) is 5.45. The number of ketones is 1. The number of likely N-dealkylation sites (tertiary alicyclic amines) is 1. The maximum Gasteiger partial charge on any atom is 0.410 e. The highest BCUT2D eigenvalue weighted by atomic mass is 19.1. The number of Topliss-reactive ketones (excluding diaryl/α,β-unsaturated/α-hetero) is 1. The number of piperidine rings is 1. The summed E-state index contributed by atoms with van der Waals surface area (Å²) in [4.78, 5) is 34.5. The van der Waals surface area contributed by atoms with Gasteiger partial charge in [0.2, 0.25) is 5.67 Å². The quantitative estimate of drug-likeness (QED) is 0.761. The number of hydrogen-bond acceptors (Lipinski definition) is 4. The van der Waals surface area contributed by atoms with Crippen LogP contribution in [0, 0.1) is 0 Å². The van der Waals surface area contributed by atoms with Crippen LogP contribution in [0.2, 0.25) is 0 Å². The van der Waals surface area contributed by atoms with E-state index in [0.29, 0.717) is 0 Å². The number of alkyl halides is 1. The molecule has 1 saturated heterocycles. The summed E-state index contributed by atoms with van der Waals surface area (Å²) in [5.41, 5.74) is -3.52. The van der Waals surface area contributed by atoms with Gasteiger partial charge in [-0.1, -0.05) is 0 Å². The predicted molar refractivity (Wildman–Crippen MR) is 58.9 cm³/mol. The minimum absolute atomic E-state index is 0.326. The van der Waals surface area contributed by atoms with Crippen molar-refractivity contribution >= 4 is 17.8 Å². The number of aliphatic carboxylic acids is 1. The van der Waals surface area contributed by atoms with Crippen LogP contribution < -0.4 is 0 Å². The van der Waals surface area contributed by atoms with Crippen molar-refractivity contribution in [3.05, 3.63) is 0 Å². The normalized spacial score (nSPS) is 24.9. The number of rotatable bonds is 1. The van der Waals surface area contributed by atoms with Crippen molar-refractivity contribution in [1.82, 2.24) is 4.90 Å². The second-order valence-electron chi connectivity index (χ2n) is 5.32. The van der Waals surface area contributed by atoms with E-state index in [0.717, 1.165) is 4.90 Å². The van der Waals surface area contributed by atoms with Crippen molar-refractivity contribution in [2.75, 3.05) is 13.1 Å². The van der Waals surface area contributed by atoms with Crippen molar-refractivity contribution in [1.29, 1.82) is 0 Å². The van der Waals surface area contributed by atoms with E-state index < -0.39 is 42.1 Å². The molecule has 0 aromatic heterocycles. The highest BCUT2D eigenvalue weighted by Gasteiger charge is 2.48. The van der Waals surface area contributed by atoms with E-state index in [1.165, 1.54) is 0 Å². The number of carboxylic acids is 1. The molecule has 1 rings (SSSR count). The van der Waals surface area contributed by atoms with E-state index in [4.69, 9.17) is 9.84 Å². The Labute approximate surface area is 104 Å². The average Bonchev–Trinajstić information content (AvgIpc) is 2.13. The Morgan fingerprint density at radius 3 is 2.44 bits per heavy atom. The number of amides is 1. The molecule has 1 fully saturated rings. The van der Waals surface area contributed by atoms with E-state index in [1.807, 2.05) is 0 Å². The molecule has 102 valence electrons. The molecule has 1 aliphatic heterocycles. The number of hydrogen-bond donors (Lipinski definition) is 1. The van der Waals surface area contributed by atoms with Crippen LogP contribution in [0.5, 0.6) is 0 Å². The molecule has 1 amide bonds. The lowest BCUT2D eigenvalue weighted by atomic mass is 9.94. The molecular weight excluding hydrogens is 245 g/mol. The zero-order valence-electron chi connectivity index (χ0n) is 10.5. The first-order valence-electron chi connectivity index (χ1n) is 5.45. The van der Waals surface area contributed by atoms with E-state index in [2.05, 4.69) is 0 Å². The monoisotopic (exact) mass is 261 g/mol. The van der Waals surface area contributed by atoms with Crippen LogP contribution in [0.25, 0.3) is 0 Å². The van der Waals surface area contributed by atoms with Crippen molar-refractivity contribution in [3.8, 4) is 0 Å². The number of halogens is 1. The molecule has 18 heavy (non-hydrogen) atoms. The summed E-state index contributed by atoms with van der Waals surface area (Å²) in [5.74, 6) is -2.39. The maximum atomic E-state index is 13.9. The molecule has 0 unspecified atom stereocenters. The summed E-state index contributed by atoms with van der Waals surface area (Å²) >= 11 is 0. The van der Waals surface area contributed by atoms with Gasteiger partial charge in [0.1, 0.15) is 5.60 Å². The minimum Gasteiger partial charge on any atom is -0.479 e. The van der Waals surface area contributed by atoms with Gasteiger partial charge in [-0.05, 0) is 20.8 Å². The zero-order chi connectivity index (χ0) is 14.1. The molecule has 1 heterocycles. The topological polar surface area (TPSA) is 83.9 Å². The van der Waals surface area contributed by atoms with Crippen molar-refractivity contribution in [2.45, 2.75) is 38.5 Å². The molecule has 1 N–H and O–H groups in total. The van der Waals surface area contributed by atoms with Crippen LogP contribution >= 0.6 is 0 Å². The van der Waals surface area contributed by atoms with Gasteiger partial charge in [-0.25, -0.2) is 14.0 Å². The Morgan fingerprint density at radius 1 is 1.44 bits per heavy atom. The lowest BCUT2D eigenvalue weighted by Gasteiger charge is -2.34. The van der Waals surface area contributed by atoms with Gasteiger partial charge in [-0.2, -0.15) is 0 Å². The van der Waals surface area contributed by atoms with Gasteiger partial charge in [0.05, 0.1) is 19.5 Å². The van der Waals surface area contributed by atoms with Crippen LogP contribution in [0.1, 0.15) is 27.2 Å². The number of nitrogens with zero attached hydrogens (tertiary/aromatic N) is 1. The Balaban J connectivity index is 2.81. The Hall–Kier alpha value is -1.66. The number of carboxylic acid groups (broad SMARTS) is 1. The van der Waals surface area contributed by atoms with E-state index >= 15 is 0 Å². The second-order valence-corrected chi connectivity index (χ2v) is 5.32. The summed E-state index contributed by atoms with van der Waals surface area (Å²) in [6.45, 7) is 3.86. The molecule has 0 radical (unpaired) electrons. The van der Waals surface area contributed by atoms with Crippen molar-refractivity contribution in [2.24, 2.45) is 0 Å². The summed E-state index contributed by atoms with van der Waals surface area (Å²) in [7, 11) is 0. The van der Waals surface area contributed by atoms with Gasteiger partial charge >= 0.3 is 12.1 Å². The first-order chi connectivity index (χ1) is 8.03. The van der Waals surface area contributed by atoms with Gasteiger partial charge in [-0.3, -0.25) is 9.69 Å². The molecule has 1 atom stereocenters. The third-order valence-electron chi connectivity index (χ3n) is 2.32. The fourth-order valence-corrected chi connectivity index (χ4v) is 1.59. The third-order valence-corrected chi connectivity index (χ3v) is 2.32. The zero-order valence-corrected chi connectivity index (χ0v) is 10.5. The second kappa shape index (κ2) is 4.55. The predicted octanol–water partition coefficient (Wildman–Crippen LogP) is 0.989. The molecular formula is C11H16FNO5. The average molecular weight is 261 g/mol. The standard InChI is InChI=1S/C11H16FNO5/c1-10(2,3)18-9(17)13-5-7(14)4-11(12,6-13)8(15)16/h4-6H2,1-3H3,(H,15,16)/t11-/m1/s1. The largest absolute Gasteiger partial charge is 0.479 e. The van der Waals surface area contributed by atoms with E-state index in [9.17, 15) is 18.8 Å². The van der Waals surface area contributed by atoms with Gasteiger partial charge in [0.25, 0.3) is 0 Å². The molecule has 0 aromatic carbocycles. The third kappa shape index (κ3) is 3.41. The summed E-state index contributed by atoms with van der Waals surface area (Å²) < 4.78 is 18.9. The molecule has 7 heteroatoms. The maximum absolute atomic E-state index is 13.9. The fraction of sp³-hybridized carbons (Fsp3) is 0.727. The smallest absolute Gasteiger partial charge is 0.410 e. The number of carbonyl (C=O) groups is 3. The molecule has 6 nitrogen and oxygen atoms in total. The molecule has 1 aliphatic rings. The van der Waals surface area contributed by atoms with Gasteiger partial charge in [0, 0.05) is 0 Å². The van der Waals surface area contributed by atoms with Crippen molar-refractivity contribution in [3.63, 3.8) is 0 Å². The Morgan fingerprint density at radius 2 is 2.00 bits per heavy atom. The van der Waals surface area contributed by atoms with Crippen LogP contribution in [0.4, 0.5) is 9.18 Å². The van der Waals surface area contributed by atoms with Gasteiger partial charge in [0.15, 0.2) is 5.78 Å². The Bertz CT molecular complexity index is 389. The number of ether oxygens (including phenoxy) is 1. The molecule has 0 aliphatic carbocycles. The highest BCUT2D eigenvalue weighted by Crippen LogP contribution is 2.25. The molecule has 0 aromatic rings. The lowest BCUT2D eigenvalue weighted by molar-refractivity contribution is -0.157. The molecule has 0 saturated carbocycles. The summed E-state index contributed by atoms with van der Waals surface area (Å²) in [6.07, 6.45) is -1.61. The van der Waals surface area contributed by atoms with Crippen LogP contribution in [-0.2, 0) is 14.3 Å². The summed E-state index contributed by atoms with van der Waals surface area (Å²) in [5, 5.41) is 8.74. The fourth-order valence-electron chi connectivity index (χ4n) is 1.59. The highest BCUT2D eigenvalue weighted by molar-refractivity contribution is 5.93. The van der Waals surface area contributed by atoms with Crippen LogP contribution in [0.3, 0.4) is 0 Å². The van der Waals surface area contributed by atoms with Crippen LogP contribution in [-0.4, -0.2) is 52.2 Å². The van der Waals surface area contributed by atoms with Gasteiger partial charge in [-0.15, -0.1) is 0 Å². The Kier molecular flexibility index (Phi) is 3.64. The lowest BCUT2D eigenvalue weighted by Crippen LogP contribution is -2.56. The molecule has 0 bridgehead atoms.